The molecule has 2 aliphatic rings. The van der Waals surface area contributed by atoms with Gasteiger partial charge in [0.1, 0.15) is 11.4 Å². The van der Waals surface area contributed by atoms with Crippen LogP contribution >= 0.6 is 0 Å². The van der Waals surface area contributed by atoms with Crippen LogP contribution in [0.15, 0.2) is 24.0 Å². The summed E-state index contributed by atoms with van der Waals surface area (Å²) in [5.41, 5.74) is -0.716. The fraction of sp³-hybridized carbons (Fsp3) is 0.545. The lowest BCUT2D eigenvalue weighted by atomic mass is 9.99. The van der Waals surface area contributed by atoms with E-state index in [-0.39, 0.29) is 11.6 Å². The molecule has 0 aromatic heterocycles. The Balaban J connectivity index is 2.25. The molecule has 2 heterocycles. The van der Waals surface area contributed by atoms with Crippen molar-refractivity contribution in [1.82, 2.24) is 0 Å². The summed E-state index contributed by atoms with van der Waals surface area (Å²) in [6.07, 6.45) is 6.52. The summed E-state index contributed by atoms with van der Waals surface area (Å²) < 4.78 is 10.9. The van der Waals surface area contributed by atoms with Crippen LogP contribution in [0.25, 0.3) is 0 Å². The molecule has 0 aromatic carbocycles. The number of rotatable bonds is 1. The number of ether oxygens (including phenoxy) is 2. The number of fused-ring (bicyclic) bond motifs is 2. The maximum absolute atomic E-state index is 10.8. The Morgan fingerprint density at radius 1 is 1.50 bits per heavy atom. The van der Waals surface area contributed by atoms with Crippen LogP contribution in [0.3, 0.4) is 0 Å². The summed E-state index contributed by atoms with van der Waals surface area (Å²) in [6, 6.07) is 0. The van der Waals surface area contributed by atoms with Crippen molar-refractivity contribution in [1.29, 1.82) is 0 Å². The molecule has 2 bridgehead atoms. The van der Waals surface area contributed by atoms with E-state index in [4.69, 9.17) is 9.47 Å². The van der Waals surface area contributed by atoms with Gasteiger partial charge in [-0.25, -0.2) is 0 Å². The number of carbonyl (C=O) groups excluding carboxylic acids is 1. The van der Waals surface area contributed by atoms with E-state index in [9.17, 15) is 4.79 Å². The molecule has 0 radical (unpaired) electrons. The van der Waals surface area contributed by atoms with Crippen LogP contribution < -0.4 is 0 Å². The minimum absolute atomic E-state index is 0.273. The van der Waals surface area contributed by atoms with Crippen LogP contribution in [0, 0.1) is 0 Å². The first-order chi connectivity index (χ1) is 6.41. The fourth-order valence-corrected chi connectivity index (χ4v) is 2.05. The fourth-order valence-electron chi connectivity index (χ4n) is 2.05. The van der Waals surface area contributed by atoms with Gasteiger partial charge in [-0.15, -0.1) is 0 Å². The van der Waals surface area contributed by atoms with Gasteiger partial charge >= 0.3 is 5.97 Å². The standard InChI is InChI=1S/C11H14O3/c1-8(12)13-9-6-10(2)4-5-11(3,7-9)14-10/h4-6H,7H2,1-3H3/t10-,11+/m1/s1. The quantitative estimate of drug-likeness (QED) is 0.472. The third-order valence-electron chi connectivity index (χ3n) is 2.47. The molecule has 0 saturated heterocycles. The van der Waals surface area contributed by atoms with Crippen LogP contribution in [0.1, 0.15) is 27.2 Å². The third-order valence-corrected chi connectivity index (χ3v) is 2.47. The van der Waals surface area contributed by atoms with Gasteiger partial charge in [-0.3, -0.25) is 4.79 Å². The zero-order valence-electron chi connectivity index (χ0n) is 8.66. The minimum Gasteiger partial charge on any atom is -0.431 e. The van der Waals surface area contributed by atoms with Gasteiger partial charge in [-0.2, -0.15) is 0 Å². The molecule has 0 amide bonds. The molecule has 2 aliphatic heterocycles. The van der Waals surface area contributed by atoms with Crippen molar-refractivity contribution in [2.75, 3.05) is 0 Å². The Kier molecular flexibility index (Phi) is 1.83. The molecule has 0 fully saturated rings. The van der Waals surface area contributed by atoms with E-state index in [2.05, 4.69) is 0 Å². The first kappa shape index (κ1) is 9.46. The van der Waals surface area contributed by atoms with Crippen molar-refractivity contribution in [2.24, 2.45) is 0 Å². The van der Waals surface area contributed by atoms with Gasteiger partial charge in [0.25, 0.3) is 0 Å². The van der Waals surface area contributed by atoms with E-state index in [0.717, 1.165) is 0 Å². The monoisotopic (exact) mass is 194 g/mol. The molecular formula is C11H14O3. The lowest BCUT2D eigenvalue weighted by molar-refractivity contribution is -0.139. The number of hydrogen-bond acceptors (Lipinski definition) is 3. The van der Waals surface area contributed by atoms with Crippen LogP contribution in [-0.4, -0.2) is 17.2 Å². The largest absolute Gasteiger partial charge is 0.431 e. The van der Waals surface area contributed by atoms with Crippen molar-refractivity contribution in [3.63, 3.8) is 0 Å². The maximum Gasteiger partial charge on any atom is 0.307 e. The molecule has 0 unspecified atom stereocenters. The highest BCUT2D eigenvalue weighted by Gasteiger charge is 2.43. The average Bonchev–Trinajstić information content (AvgIpc) is 2.18. The number of hydrogen-bond donors (Lipinski definition) is 0. The highest BCUT2D eigenvalue weighted by molar-refractivity contribution is 5.67. The second kappa shape index (κ2) is 2.70. The van der Waals surface area contributed by atoms with E-state index in [1.54, 1.807) is 0 Å². The molecule has 0 N–H and O–H groups in total. The molecule has 2 atom stereocenters. The molecule has 2 rings (SSSR count). The molecule has 14 heavy (non-hydrogen) atoms. The molecular weight excluding hydrogens is 180 g/mol. The molecule has 3 heteroatoms. The van der Waals surface area contributed by atoms with E-state index in [0.29, 0.717) is 12.2 Å². The van der Waals surface area contributed by atoms with Gasteiger partial charge in [0, 0.05) is 13.3 Å². The highest BCUT2D eigenvalue weighted by Crippen LogP contribution is 2.41. The summed E-state index contributed by atoms with van der Waals surface area (Å²) in [4.78, 5) is 10.8. The van der Waals surface area contributed by atoms with Gasteiger partial charge in [0.2, 0.25) is 0 Å². The minimum atomic E-state index is -0.405. The highest BCUT2D eigenvalue weighted by atomic mass is 16.6. The Morgan fingerprint density at radius 3 is 2.79 bits per heavy atom. The van der Waals surface area contributed by atoms with Crippen LogP contribution in [-0.2, 0) is 14.3 Å². The van der Waals surface area contributed by atoms with Gasteiger partial charge in [-0.05, 0) is 19.9 Å². The van der Waals surface area contributed by atoms with E-state index < -0.39 is 5.60 Å². The van der Waals surface area contributed by atoms with E-state index in [1.165, 1.54) is 6.92 Å². The van der Waals surface area contributed by atoms with E-state index >= 15 is 0 Å². The van der Waals surface area contributed by atoms with Gasteiger partial charge in [0.05, 0.1) is 5.60 Å². The number of carbonyl (C=O) groups is 1. The van der Waals surface area contributed by atoms with Crippen molar-refractivity contribution >= 4 is 5.97 Å². The topological polar surface area (TPSA) is 35.5 Å². The molecule has 0 saturated carbocycles. The van der Waals surface area contributed by atoms with Crippen molar-refractivity contribution in [2.45, 2.75) is 38.4 Å². The van der Waals surface area contributed by atoms with Crippen molar-refractivity contribution < 1.29 is 14.3 Å². The summed E-state index contributed by atoms with van der Waals surface area (Å²) in [5.74, 6) is 0.434. The van der Waals surface area contributed by atoms with Crippen molar-refractivity contribution in [3.05, 3.63) is 24.0 Å². The second-order valence-electron chi connectivity index (χ2n) is 4.31. The lowest BCUT2D eigenvalue weighted by Gasteiger charge is -2.34. The maximum atomic E-state index is 10.8. The smallest absolute Gasteiger partial charge is 0.307 e. The Hall–Kier alpha value is -1.09. The summed E-state index contributed by atoms with van der Waals surface area (Å²) in [6.45, 7) is 5.36. The summed E-state index contributed by atoms with van der Waals surface area (Å²) in [7, 11) is 0. The first-order valence-corrected chi connectivity index (χ1v) is 4.72. The third kappa shape index (κ3) is 1.60. The second-order valence-corrected chi connectivity index (χ2v) is 4.31. The van der Waals surface area contributed by atoms with Crippen LogP contribution in [0.4, 0.5) is 0 Å². The van der Waals surface area contributed by atoms with Crippen molar-refractivity contribution in [3.8, 4) is 0 Å². The first-order valence-electron chi connectivity index (χ1n) is 4.72. The Labute approximate surface area is 83.4 Å². The Bertz CT molecular complexity index is 342. The molecule has 0 aliphatic carbocycles. The predicted octanol–water partition coefficient (Wildman–Crippen LogP) is 1.94. The predicted molar refractivity (Wildman–Crippen MR) is 51.5 cm³/mol. The van der Waals surface area contributed by atoms with E-state index in [1.807, 2.05) is 32.1 Å². The molecule has 0 spiro atoms. The van der Waals surface area contributed by atoms with Gasteiger partial charge < -0.3 is 9.47 Å². The summed E-state index contributed by atoms with van der Waals surface area (Å²) in [5, 5.41) is 0. The molecule has 76 valence electrons. The van der Waals surface area contributed by atoms with Gasteiger partial charge in [0.15, 0.2) is 0 Å². The normalized spacial score (nSPS) is 39.5. The van der Waals surface area contributed by atoms with Gasteiger partial charge in [-0.1, -0.05) is 12.2 Å². The van der Waals surface area contributed by atoms with Crippen LogP contribution in [0.2, 0.25) is 0 Å². The zero-order valence-corrected chi connectivity index (χ0v) is 8.66. The lowest BCUT2D eigenvalue weighted by Crippen LogP contribution is -2.36. The molecule has 0 aromatic rings. The van der Waals surface area contributed by atoms with Crippen LogP contribution in [0.5, 0.6) is 0 Å². The summed E-state index contributed by atoms with van der Waals surface area (Å²) >= 11 is 0. The molecule has 3 nitrogen and oxygen atoms in total. The average molecular weight is 194 g/mol. The zero-order chi connectivity index (χ0) is 10.4. The number of esters is 1. The SMILES string of the molecule is CC(=O)OC1=C[C@@]2(C)C=C[C@@](C)(C1)O2. The Morgan fingerprint density at radius 2 is 2.21 bits per heavy atom.